The molecule has 0 saturated carbocycles. The smallest absolute Gasteiger partial charge is 0.183 e. The van der Waals surface area contributed by atoms with Crippen molar-refractivity contribution in [1.82, 2.24) is 0 Å². The van der Waals surface area contributed by atoms with Gasteiger partial charge in [-0.25, -0.2) is 0 Å². The van der Waals surface area contributed by atoms with Crippen molar-refractivity contribution >= 4 is 5.69 Å². The number of methoxy groups -OCH3 is 1. The Balaban J connectivity index is 2.69. The molecule has 0 aliphatic heterocycles. The summed E-state index contributed by atoms with van der Waals surface area (Å²) in [6, 6.07) is 8.03. The summed E-state index contributed by atoms with van der Waals surface area (Å²) in [6.07, 6.45) is 0. The van der Waals surface area contributed by atoms with Gasteiger partial charge in [0.2, 0.25) is 0 Å². The Morgan fingerprint density at radius 3 is 2.83 bits per heavy atom. The van der Waals surface area contributed by atoms with Crippen LogP contribution in [0.25, 0.3) is 0 Å². The summed E-state index contributed by atoms with van der Waals surface area (Å²) >= 11 is 0. The second-order valence-electron chi connectivity index (χ2n) is 2.62. The zero-order valence-electron chi connectivity index (χ0n) is 7.42. The Morgan fingerprint density at radius 2 is 2.25 bits per heavy atom. The van der Waals surface area contributed by atoms with Gasteiger partial charge in [-0.15, -0.1) is 0 Å². The number of rotatable bonds is 3. The van der Waals surface area contributed by atoms with Crippen LogP contribution in [0.3, 0.4) is 0 Å². The summed E-state index contributed by atoms with van der Waals surface area (Å²) in [5.41, 5.74) is 2.21. The van der Waals surface area contributed by atoms with E-state index in [2.05, 4.69) is 11.9 Å². The number of ether oxygens (including phenoxy) is 1. The lowest BCUT2D eigenvalue weighted by Gasteiger charge is -2.07. The molecule has 1 aromatic carbocycles. The number of hydrogen-bond acceptors (Lipinski definition) is 2. The van der Waals surface area contributed by atoms with Crippen LogP contribution in [0.5, 0.6) is 0 Å². The van der Waals surface area contributed by atoms with Crippen molar-refractivity contribution < 1.29 is 4.74 Å². The van der Waals surface area contributed by atoms with Crippen LogP contribution in [0, 0.1) is 6.92 Å². The van der Waals surface area contributed by atoms with E-state index in [1.54, 1.807) is 7.11 Å². The summed E-state index contributed by atoms with van der Waals surface area (Å²) in [7, 11) is 1.59. The Kier molecular flexibility index (Phi) is 2.75. The van der Waals surface area contributed by atoms with Crippen LogP contribution in [-0.4, -0.2) is 7.11 Å². The molecule has 0 aliphatic carbocycles. The van der Waals surface area contributed by atoms with Gasteiger partial charge in [-0.1, -0.05) is 12.1 Å². The highest BCUT2D eigenvalue weighted by Gasteiger charge is 1.93. The lowest BCUT2D eigenvalue weighted by molar-refractivity contribution is 0.299. The van der Waals surface area contributed by atoms with Crippen molar-refractivity contribution in [2.24, 2.45) is 0 Å². The van der Waals surface area contributed by atoms with E-state index in [-0.39, 0.29) is 0 Å². The van der Waals surface area contributed by atoms with Crippen LogP contribution >= 0.6 is 0 Å². The standard InChI is InChI=1S/C10H13NO/c1-8-5-4-6-10(7-8)11-9(2)12-3/h4-7,11H,2H2,1,3H3. The second-order valence-corrected chi connectivity index (χ2v) is 2.62. The predicted octanol–water partition coefficient (Wildman–Crippen LogP) is 2.52. The molecule has 0 heterocycles. The van der Waals surface area contributed by atoms with Crippen molar-refractivity contribution in [3.05, 3.63) is 42.3 Å². The molecule has 12 heavy (non-hydrogen) atoms. The van der Waals surface area contributed by atoms with Gasteiger partial charge in [0.1, 0.15) is 0 Å². The van der Waals surface area contributed by atoms with Gasteiger partial charge in [-0.05, 0) is 31.2 Å². The number of aryl methyl sites for hydroxylation is 1. The summed E-state index contributed by atoms with van der Waals surface area (Å²) in [5, 5.41) is 3.02. The first-order chi connectivity index (χ1) is 5.72. The van der Waals surface area contributed by atoms with E-state index in [1.807, 2.05) is 31.2 Å². The van der Waals surface area contributed by atoms with Gasteiger partial charge < -0.3 is 10.1 Å². The Bertz CT molecular complexity index is 281. The molecule has 0 amide bonds. The highest BCUT2D eigenvalue weighted by atomic mass is 16.5. The lowest BCUT2D eigenvalue weighted by Crippen LogP contribution is -1.99. The van der Waals surface area contributed by atoms with E-state index in [4.69, 9.17) is 4.74 Å². The molecule has 0 aromatic heterocycles. The molecule has 0 aliphatic rings. The average molecular weight is 163 g/mol. The summed E-state index contributed by atoms with van der Waals surface area (Å²) in [5.74, 6) is 0.556. The molecular formula is C10H13NO. The summed E-state index contributed by atoms with van der Waals surface area (Å²) in [4.78, 5) is 0. The van der Waals surface area contributed by atoms with Crippen LogP contribution in [0.2, 0.25) is 0 Å². The van der Waals surface area contributed by atoms with Crippen LogP contribution in [0.15, 0.2) is 36.7 Å². The highest BCUT2D eigenvalue weighted by molar-refractivity contribution is 5.48. The van der Waals surface area contributed by atoms with E-state index in [1.165, 1.54) is 5.56 Å². The molecule has 0 unspecified atom stereocenters. The molecule has 0 radical (unpaired) electrons. The predicted molar refractivity (Wildman–Crippen MR) is 51.0 cm³/mol. The molecule has 1 N–H and O–H groups in total. The maximum absolute atomic E-state index is 4.89. The quantitative estimate of drug-likeness (QED) is 0.691. The van der Waals surface area contributed by atoms with Crippen LogP contribution in [0.4, 0.5) is 5.69 Å². The number of benzene rings is 1. The van der Waals surface area contributed by atoms with Crippen molar-refractivity contribution in [1.29, 1.82) is 0 Å². The molecule has 2 heteroatoms. The fourth-order valence-corrected chi connectivity index (χ4v) is 0.935. The molecule has 0 fully saturated rings. The fourth-order valence-electron chi connectivity index (χ4n) is 0.935. The van der Waals surface area contributed by atoms with Crippen LogP contribution in [-0.2, 0) is 4.74 Å². The Hall–Kier alpha value is -1.44. The number of hydrogen-bond donors (Lipinski definition) is 1. The van der Waals surface area contributed by atoms with E-state index in [0.29, 0.717) is 5.88 Å². The van der Waals surface area contributed by atoms with Gasteiger partial charge in [-0.3, -0.25) is 0 Å². The minimum atomic E-state index is 0.556. The zero-order valence-corrected chi connectivity index (χ0v) is 7.42. The van der Waals surface area contributed by atoms with E-state index in [0.717, 1.165) is 5.69 Å². The fraction of sp³-hybridized carbons (Fsp3) is 0.200. The normalized spacial score (nSPS) is 9.17. The first kappa shape index (κ1) is 8.65. The largest absolute Gasteiger partial charge is 0.483 e. The maximum Gasteiger partial charge on any atom is 0.183 e. The molecule has 0 spiro atoms. The molecule has 2 nitrogen and oxygen atoms in total. The van der Waals surface area contributed by atoms with Crippen LogP contribution in [0.1, 0.15) is 5.56 Å². The van der Waals surface area contributed by atoms with E-state index < -0.39 is 0 Å². The first-order valence-corrected chi connectivity index (χ1v) is 3.79. The van der Waals surface area contributed by atoms with Gasteiger partial charge >= 0.3 is 0 Å². The molecular weight excluding hydrogens is 150 g/mol. The van der Waals surface area contributed by atoms with E-state index >= 15 is 0 Å². The highest BCUT2D eigenvalue weighted by Crippen LogP contribution is 2.11. The van der Waals surface area contributed by atoms with Gasteiger partial charge in [0, 0.05) is 5.69 Å². The maximum atomic E-state index is 4.89. The molecule has 0 saturated heterocycles. The minimum Gasteiger partial charge on any atom is -0.483 e. The van der Waals surface area contributed by atoms with Gasteiger partial charge in [-0.2, -0.15) is 0 Å². The number of anilines is 1. The van der Waals surface area contributed by atoms with Crippen molar-refractivity contribution in [3.63, 3.8) is 0 Å². The molecule has 0 bridgehead atoms. The number of nitrogens with one attached hydrogen (secondary N) is 1. The minimum absolute atomic E-state index is 0.556. The second kappa shape index (κ2) is 3.81. The summed E-state index contributed by atoms with van der Waals surface area (Å²) in [6.45, 7) is 5.71. The SMILES string of the molecule is C=C(Nc1cccc(C)c1)OC. The van der Waals surface area contributed by atoms with E-state index in [9.17, 15) is 0 Å². The van der Waals surface area contributed by atoms with Crippen LogP contribution < -0.4 is 5.32 Å². The van der Waals surface area contributed by atoms with Crippen molar-refractivity contribution in [2.75, 3.05) is 12.4 Å². The topological polar surface area (TPSA) is 21.3 Å². The lowest BCUT2D eigenvalue weighted by atomic mass is 10.2. The molecule has 1 aromatic rings. The molecule has 64 valence electrons. The molecule has 1 rings (SSSR count). The monoisotopic (exact) mass is 163 g/mol. The molecule has 0 atom stereocenters. The first-order valence-electron chi connectivity index (χ1n) is 3.79. The Morgan fingerprint density at radius 1 is 1.50 bits per heavy atom. The average Bonchev–Trinajstić information content (AvgIpc) is 2.04. The van der Waals surface area contributed by atoms with Crippen molar-refractivity contribution in [2.45, 2.75) is 6.92 Å². The summed E-state index contributed by atoms with van der Waals surface area (Å²) < 4.78 is 4.89. The zero-order chi connectivity index (χ0) is 8.97. The van der Waals surface area contributed by atoms with Gasteiger partial charge in [0.25, 0.3) is 0 Å². The van der Waals surface area contributed by atoms with Gasteiger partial charge in [0.15, 0.2) is 5.88 Å². The third-order valence-electron chi connectivity index (χ3n) is 1.55. The Labute approximate surface area is 72.9 Å². The third-order valence-corrected chi connectivity index (χ3v) is 1.55. The van der Waals surface area contributed by atoms with Gasteiger partial charge in [0.05, 0.1) is 7.11 Å². The third kappa shape index (κ3) is 2.31. The van der Waals surface area contributed by atoms with Crippen molar-refractivity contribution in [3.8, 4) is 0 Å².